The fraction of sp³-hybridized carbons (Fsp3) is 0.941. The van der Waals surface area contributed by atoms with Gasteiger partial charge in [0.25, 0.3) is 0 Å². The summed E-state index contributed by atoms with van der Waals surface area (Å²) in [7, 11) is 0. The first-order valence-corrected chi connectivity index (χ1v) is 8.55. The molecule has 0 radical (unpaired) electrons. The molecular formula is C17H35N3O. The van der Waals surface area contributed by atoms with Crippen molar-refractivity contribution in [2.24, 2.45) is 17.1 Å². The Kier molecular flexibility index (Phi) is 6.67. The largest absolute Gasteiger partial charge is 0.368 e. The number of likely N-dealkylation sites (N-methyl/N-ethyl adjacent to an activating group) is 1. The van der Waals surface area contributed by atoms with Crippen LogP contribution in [-0.4, -0.2) is 42.5 Å². The molecule has 2 unspecified atom stereocenters. The van der Waals surface area contributed by atoms with E-state index in [2.05, 4.69) is 44.8 Å². The molecule has 1 rings (SSSR count). The fourth-order valence-electron chi connectivity index (χ4n) is 3.92. The molecule has 0 bridgehead atoms. The number of nitrogens with zero attached hydrogens (tertiary/aromatic N) is 1. The van der Waals surface area contributed by atoms with E-state index < -0.39 is 5.54 Å². The van der Waals surface area contributed by atoms with Crippen LogP contribution in [0.25, 0.3) is 0 Å². The summed E-state index contributed by atoms with van der Waals surface area (Å²) in [4.78, 5) is 14.7. The van der Waals surface area contributed by atoms with Gasteiger partial charge in [-0.05, 0) is 37.3 Å². The summed E-state index contributed by atoms with van der Waals surface area (Å²) < 4.78 is 0. The van der Waals surface area contributed by atoms with Crippen molar-refractivity contribution in [2.45, 2.75) is 65.8 Å². The van der Waals surface area contributed by atoms with Gasteiger partial charge in [-0.15, -0.1) is 0 Å². The van der Waals surface area contributed by atoms with Crippen LogP contribution in [0.2, 0.25) is 0 Å². The van der Waals surface area contributed by atoms with Crippen LogP contribution < -0.4 is 11.1 Å². The van der Waals surface area contributed by atoms with Crippen molar-refractivity contribution in [3.05, 3.63) is 0 Å². The molecule has 1 fully saturated rings. The van der Waals surface area contributed by atoms with E-state index in [1.807, 2.05) is 0 Å². The van der Waals surface area contributed by atoms with E-state index in [-0.39, 0.29) is 11.3 Å². The molecule has 1 aliphatic rings. The van der Waals surface area contributed by atoms with Crippen molar-refractivity contribution < 1.29 is 4.79 Å². The number of hydrogen-bond acceptors (Lipinski definition) is 3. The van der Waals surface area contributed by atoms with Gasteiger partial charge in [-0.1, -0.05) is 47.5 Å². The first-order valence-electron chi connectivity index (χ1n) is 8.55. The maximum atomic E-state index is 12.3. The second-order valence-electron chi connectivity index (χ2n) is 7.45. The third kappa shape index (κ3) is 4.43. The van der Waals surface area contributed by atoms with Gasteiger partial charge < -0.3 is 16.0 Å². The maximum absolute atomic E-state index is 12.3. The van der Waals surface area contributed by atoms with Crippen LogP contribution in [0.5, 0.6) is 0 Å². The summed E-state index contributed by atoms with van der Waals surface area (Å²) in [6.45, 7) is 14.9. The van der Waals surface area contributed by atoms with Gasteiger partial charge in [-0.3, -0.25) is 4.79 Å². The number of nitrogens with one attached hydrogen (secondary N) is 1. The second-order valence-corrected chi connectivity index (χ2v) is 7.45. The fourth-order valence-corrected chi connectivity index (χ4v) is 3.92. The Bertz CT molecular complexity index is 333. The van der Waals surface area contributed by atoms with E-state index in [1.165, 1.54) is 6.42 Å². The minimum Gasteiger partial charge on any atom is -0.368 e. The van der Waals surface area contributed by atoms with E-state index in [0.717, 1.165) is 45.4 Å². The number of amides is 1. The van der Waals surface area contributed by atoms with Crippen molar-refractivity contribution in [3.63, 3.8) is 0 Å². The molecule has 0 spiro atoms. The van der Waals surface area contributed by atoms with Crippen LogP contribution in [0.3, 0.4) is 0 Å². The molecule has 124 valence electrons. The van der Waals surface area contributed by atoms with Crippen molar-refractivity contribution in [3.8, 4) is 0 Å². The lowest BCUT2D eigenvalue weighted by Crippen LogP contribution is -2.65. The van der Waals surface area contributed by atoms with Crippen molar-refractivity contribution in [1.82, 2.24) is 10.2 Å². The molecule has 1 saturated carbocycles. The molecule has 0 aromatic carbocycles. The van der Waals surface area contributed by atoms with Crippen molar-refractivity contribution in [1.29, 1.82) is 0 Å². The Hall–Kier alpha value is -0.610. The molecule has 21 heavy (non-hydrogen) atoms. The molecular weight excluding hydrogens is 262 g/mol. The van der Waals surface area contributed by atoms with Gasteiger partial charge in [-0.25, -0.2) is 0 Å². The van der Waals surface area contributed by atoms with Crippen LogP contribution >= 0.6 is 0 Å². The number of carbonyl (C=O) groups is 1. The molecule has 2 atom stereocenters. The predicted octanol–water partition coefficient (Wildman–Crippen LogP) is 2.38. The normalized spacial score (nSPS) is 27.0. The van der Waals surface area contributed by atoms with E-state index >= 15 is 0 Å². The van der Waals surface area contributed by atoms with Crippen LogP contribution in [0.4, 0.5) is 0 Å². The highest BCUT2D eigenvalue weighted by atomic mass is 16.1. The number of carbonyl (C=O) groups excluding carboxylic acids is 1. The van der Waals surface area contributed by atoms with Gasteiger partial charge in [0, 0.05) is 13.1 Å². The van der Waals surface area contributed by atoms with E-state index in [1.54, 1.807) is 0 Å². The average molecular weight is 297 g/mol. The number of nitrogens with two attached hydrogens (primary N) is 1. The zero-order valence-corrected chi connectivity index (χ0v) is 14.7. The number of primary amides is 1. The van der Waals surface area contributed by atoms with E-state index in [0.29, 0.717) is 5.92 Å². The predicted molar refractivity (Wildman–Crippen MR) is 89.1 cm³/mol. The topological polar surface area (TPSA) is 58.4 Å². The number of hydrogen-bond donors (Lipinski definition) is 2. The standard InChI is InChI=1S/C17H35N3O/c1-6-20(7-2)13-12-19-17(15(18)21)11-9-8-10-14(17)16(3,4)5/h14,19H,6-13H2,1-5H3,(H2,18,21). The van der Waals surface area contributed by atoms with Gasteiger partial charge in [0.2, 0.25) is 5.91 Å². The summed E-state index contributed by atoms with van der Waals surface area (Å²) in [5.41, 5.74) is 5.43. The highest BCUT2D eigenvalue weighted by Gasteiger charge is 2.49. The summed E-state index contributed by atoms with van der Waals surface area (Å²) in [5, 5.41) is 3.57. The Morgan fingerprint density at radius 2 is 1.90 bits per heavy atom. The lowest BCUT2D eigenvalue weighted by Gasteiger charge is -2.49. The maximum Gasteiger partial charge on any atom is 0.238 e. The third-order valence-electron chi connectivity index (χ3n) is 5.16. The molecule has 0 aromatic rings. The molecule has 0 saturated heterocycles. The van der Waals surface area contributed by atoms with Gasteiger partial charge in [0.15, 0.2) is 0 Å². The molecule has 3 N–H and O–H groups in total. The molecule has 1 aliphatic carbocycles. The quantitative estimate of drug-likeness (QED) is 0.758. The molecule has 0 aromatic heterocycles. The minimum atomic E-state index is -0.524. The summed E-state index contributed by atoms with van der Waals surface area (Å²) in [6, 6.07) is 0. The second kappa shape index (κ2) is 7.59. The smallest absolute Gasteiger partial charge is 0.238 e. The summed E-state index contributed by atoms with van der Waals surface area (Å²) in [6.07, 6.45) is 4.26. The van der Waals surface area contributed by atoms with Gasteiger partial charge >= 0.3 is 0 Å². The van der Waals surface area contributed by atoms with Gasteiger partial charge in [0.05, 0.1) is 0 Å². The van der Waals surface area contributed by atoms with Crippen molar-refractivity contribution in [2.75, 3.05) is 26.2 Å². The Labute approximate surface area is 130 Å². The SMILES string of the molecule is CCN(CC)CCNC1(C(N)=O)CCCCC1C(C)(C)C. The van der Waals surface area contributed by atoms with Crippen LogP contribution in [0, 0.1) is 11.3 Å². The van der Waals surface area contributed by atoms with E-state index in [9.17, 15) is 4.79 Å². The lowest BCUT2D eigenvalue weighted by molar-refractivity contribution is -0.131. The zero-order chi connectivity index (χ0) is 16.1. The Balaban J connectivity index is 2.83. The minimum absolute atomic E-state index is 0.0949. The third-order valence-corrected chi connectivity index (χ3v) is 5.16. The van der Waals surface area contributed by atoms with Crippen LogP contribution in [-0.2, 0) is 4.79 Å². The zero-order valence-electron chi connectivity index (χ0n) is 14.7. The Morgan fingerprint density at radius 3 is 2.38 bits per heavy atom. The molecule has 4 heteroatoms. The van der Waals surface area contributed by atoms with Gasteiger partial charge in [0.1, 0.15) is 5.54 Å². The molecule has 0 aliphatic heterocycles. The lowest BCUT2D eigenvalue weighted by atomic mass is 9.61. The first-order chi connectivity index (χ1) is 9.78. The average Bonchev–Trinajstić information content (AvgIpc) is 2.42. The molecule has 0 heterocycles. The molecule has 1 amide bonds. The van der Waals surface area contributed by atoms with Crippen molar-refractivity contribution >= 4 is 5.91 Å². The van der Waals surface area contributed by atoms with E-state index in [4.69, 9.17) is 5.73 Å². The highest BCUT2D eigenvalue weighted by Crippen LogP contribution is 2.44. The Morgan fingerprint density at radius 1 is 1.29 bits per heavy atom. The van der Waals surface area contributed by atoms with Crippen LogP contribution in [0.15, 0.2) is 0 Å². The highest BCUT2D eigenvalue weighted by molar-refractivity contribution is 5.85. The van der Waals surface area contributed by atoms with Gasteiger partial charge in [-0.2, -0.15) is 0 Å². The number of rotatable bonds is 7. The molecule has 4 nitrogen and oxygen atoms in total. The summed E-state index contributed by atoms with van der Waals surface area (Å²) in [5.74, 6) is 0.148. The monoisotopic (exact) mass is 297 g/mol. The van der Waals surface area contributed by atoms with Crippen LogP contribution in [0.1, 0.15) is 60.3 Å². The summed E-state index contributed by atoms with van der Waals surface area (Å²) >= 11 is 0. The first kappa shape index (κ1) is 18.4.